The third kappa shape index (κ3) is 12.8. The number of rotatable bonds is 12. The number of nitrogens with zero attached hydrogens (tertiary/aromatic N) is 3. The predicted octanol–water partition coefficient (Wildman–Crippen LogP) is 7.76. The van der Waals surface area contributed by atoms with Crippen LogP contribution in [0.5, 0.6) is 0 Å². The lowest BCUT2D eigenvalue weighted by atomic mass is 10.1. The van der Waals surface area contributed by atoms with Crippen LogP contribution in [0, 0.1) is 0 Å². The van der Waals surface area contributed by atoms with Crippen molar-refractivity contribution in [2.45, 2.75) is 79.3 Å². The first-order valence-electron chi connectivity index (χ1n) is 16.2. The Labute approximate surface area is 263 Å². The SMILES string of the molecule is C/C=C\C=C/C.C=C1N(CCCN2CCCC2=O)c2ccccc2N1C(CC)CCNC.CC.CNCc1ccccc1. The Bertz CT molecular complexity index is 1070. The highest BCUT2D eigenvalue weighted by Gasteiger charge is 2.33. The summed E-state index contributed by atoms with van der Waals surface area (Å²) in [6, 6.07) is 19.4. The lowest BCUT2D eigenvalue weighted by Gasteiger charge is -2.31. The van der Waals surface area contributed by atoms with Gasteiger partial charge in [-0.15, -0.1) is 0 Å². The zero-order valence-electron chi connectivity index (χ0n) is 28.1. The van der Waals surface area contributed by atoms with Crippen LogP contribution in [0.1, 0.15) is 72.3 Å². The monoisotopic (exact) mass is 589 g/mol. The second kappa shape index (κ2) is 23.1. The summed E-state index contributed by atoms with van der Waals surface area (Å²) < 4.78 is 0. The van der Waals surface area contributed by atoms with Crippen molar-refractivity contribution in [3.63, 3.8) is 0 Å². The van der Waals surface area contributed by atoms with E-state index in [1.54, 1.807) is 0 Å². The van der Waals surface area contributed by atoms with E-state index in [-0.39, 0.29) is 0 Å². The van der Waals surface area contributed by atoms with Gasteiger partial charge < -0.3 is 25.3 Å². The molecule has 6 heteroatoms. The predicted molar refractivity (Wildman–Crippen MR) is 189 cm³/mol. The molecule has 2 N–H and O–H groups in total. The molecular formula is C37H59N5O. The fraction of sp³-hybridized carbons (Fsp3) is 0.486. The minimum absolute atomic E-state index is 0.311. The van der Waals surface area contributed by atoms with E-state index < -0.39 is 0 Å². The summed E-state index contributed by atoms with van der Waals surface area (Å²) in [7, 11) is 3.96. The summed E-state index contributed by atoms with van der Waals surface area (Å²) in [5, 5.41) is 6.35. The first-order valence-corrected chi connectivity index (χ1v) is 16.2. The zero-order valence-corrected chi connectivity index (χ0v) is 28.1. The molecule has 0 aromatic heterocycles. The molecule has 2 aliphatic rings. The van der Waals surface area contributed by atoms with Gasteiger partial charge in [0.15, 0.2) is 0 Å². The number of anilines is 2. The van der Waals surface area contributed by atoms with Gasteiger partial charge in [-0.3, -0.25) is 4.79 Å². The molecule has 2 aromatic rings. The number of hydrogen-bond donors (Lipinski definition) is 2. The standard InChI is InChI=1S/C21H32N4O.C8H11N.C6H10.C2H6/c1-4-18(12-13-22-3)25-17(2)24(19-9-5-6-10-20(19)25)16-8-15-23-14-7-11-21(23)26;1-9-7-8-5-3-2-4-6-8;1-3-5-6-4-2;1-2/h5-6,9-10,18,22H,2,4,7-8,11-16H2,1,3H3;2-6,9H,7H2,1H3;3-6H,1-2H3;1-2H3/b;;5-3-,6-4-;. The molecule has 1 amide bonds. The van der Waals surface area contributed by atoms with Crippen LogP contribution in [0.25, 0.3) is 0 Å². The molecule has 0 aliphatic carbocycles. The van der Waals surface area contributed by atoms with E-state index in [1.165, 1.54) is 16.9 Å². The minimum atomic E-state index is 0.311. The van der Waals surface area contributed by atoms with Gasteiger partial charge >= 0.3 is 0 Å². The number of amides is 1. The highest BCUT2D eigenvalue weighted by atomic mass is 16.2. The van der Waals surface area contributed by atoms with Crippen LogP contribution in [0.15, 0.2) is 91.3 Å². The van der Waals surface area contributed by atoms with Crippen molar-refractivity contribution < 1.29 is 4.79 Å². The van der Waals surface area contributed by atoms with E-state index >= 15 is 0 Å². The maximum absolute atomic E-state index is 11.8. The van der Waals surface area contributed by atoms with Gasteiger partial charge in [0.25, 0.3) is 0 Å². The van der Waals surface area contributed by atoms with Crippen LogP contribution < -0.4 is 20.4 Å². The maximum atomic E-state index is 11.8. The van der Waals surface area contributed by atoms with Gasteiger partial charge in [-0.05, 0) is 77.9 Å². The van der Waals surface area contributed by atoms with Crippen molar-refractivity contribution in [3.8, 4) is 0 Å². The molecule has 1 fully saturated rings. The highest BCUT2D eigenvalue weighted by molar-refractivity contribution is 5.82. The van der Waals surface area contributed by atoms with Crippen LogP contribution in [-0.2, 0) is 11.3 Å². The summed E-state index contributed by atoms with van der Waals surface area (Å²) in [4.78, 5) is 18.6. The van der Waals surface area contributed by atoms with Crippen LogP contribution in [0.4, 0.5) is 11.4 Å². The number of nitrogens with one attached hydrogen (secondary N) is 2. The summed E-state index contributed by atoms with van der Waals surface area (Å²) >= 11 is 0. The lowest BCUT2D eigenvalue weighted by Crippen LogP contribution is -2.38. The third-order valence-electron chi connectivity index (χ3n) is 7.29. The molecule has 2 aromatic carbocycles. The van der Waals surface area contributed by atoms with Crippen molar-refractivity contribution in [1.82, 2.24) is 15.5 Å². The molecule has 2 heterocycles. The number of para-hydroxylation sites is 2. The van der Waals surface area contributed by atoms with Gasteiger partial charge in [0.2, 0.25) is 5.91 Å². The Morgan fingerprint density at radius 2 is 1.53 bits per heavy atom. The fourth-order valence-electron chi connectivity index (χ4n) is 5.17. The molecule has 238 valence electrons. The van der Waals surface area contributed by atoms with Crippen LogP contribution in [-0.4, -0.2) is 57.1 Å². The molecule has 6 nitrogen and oxygen atoms in total. The topological polar surface area (TPSA) is 50.9 Å². The lowest BCUT2D eigenvalue weighted by molar-refractivity contribution is -0.127. The van der Waals surface area contributed by atoms with Gasteiger partial charge in [-0.2, -0.15) is 0 Å². The molecule has 0 saturated carbocycles. The number of benzene rings is 2. The van der Waals surface area contributed by atoms with E-state index in [1.807, 2.05) is 89.2 Å². The van der Waals surface area contributed by atoms with E-state index in [0.29, 0.717) is 11.9 Å². The van der Waals surface area contributed by atoms with Gasteiger partial charge in [-0.25, -0.2) is 0 Å². The van der Waals surface area contributed by atoms with Crippen molar-refractivity contribution in [1.29, 1.82) is 0 Å². The average Bonchev–Trinajstić information content (AvgIpc) is 3.58. The Hall–Kier alpha value is -3.35. The highest BCUT2D eigenvalue weighted by Crippen LogP contribution is 2.43. The number of likely N-dealkylation sites (tertiary alicyclic amines) is 1. The number of carbonyl (C=O) groups excluding carboxylic acids is 1. The Kier molecular flexibility index (Phi) is 20.3. The smallest absolute Gasteiger partial charge is 0.222 e. The van der Waals surface area contributed by atoms with Gasteiger partial charge in [-0.1, -0.05) is 94.1 Å². The van der Waals surface area contributed by atoms with E-state index in [4.69, 9.17) is 0 Å². The third-order valence-corrected chi connectivity index (χ3v) is 7.29. The molecule has 1 unspecified atom stereocenters. The number of hydrogen-bond acceptors (Lipinski definition) is 5. The molecule has 0 spiro atoms. The van der Waals surface area contributed by atoms with Crippen molar-refractivity contribution in [2.75, 3.05) is 50.1 Å². The largest absolute Gasteiger partial charge is 0.343 e. The second-order valence-electron chi connectivity index (χ2n) is 10.3. The number of carbonyl (C=O) groups is 1. The molecule has 1 atom stereocenters. The Morgan fingerprint density at radius 1 is 0.907 bits per heavy atom. The molecular weight excluding hydrogens is 530 g/mol. The van der Waals surface area contributed by atoms with Crippen LogP contribution >= 0.6 is 0 Å². The molecule has 2 aliphatic heterocycles. The normalized spacial score (nSPS) is 14.6. The number of allylic oxidation sites excluding steroid dienone is 4. The van der Waals surface area contributed by atoms with Crippen molar-refractivity contribution >= 4 is 17.3 Å². The first kappa shape index (κ1) is 37.7. The fourth-order valence-corrected chi connectivity index (χ4v) is 5.17. The zero-order chi connectivity index (χ0) is 31.9. The van der Waals surface area contributed by atoms with Crippen molar-refractivity contribution in [2.24, 2.45) is 0 Å². The molecule has 43 heavy (non-hydrogen) atoms. The quantitative estimate of drug-likeness (QED) is 0.248. The maximum Gasteiger partial charge on any atom is 0.222 e. The molecule has 0 radical (unpaired) electrons. The molecule has 4 rings (SSSR count). The van der Waals surface area contributed by atoms with Gasteiger partial charge in [0.05, 0.1) is 11.4 Å². The summed E-state index contributed by atoms with van der Waals surface area (Å²) in [6.07, 6.45) is 12.9. The van der Waals surface area contributed by atoms with E-state index in [0.717, 1.165) is 70.6 Å². The van der Waals surface area contributed by atoms with Gasteiger partial charge in [0, 0.05) is 38.6 Å². The summed E-state index contributed by atoms with van der Waals surface area (Å²) in [5.74, 6) is 1.38. The van der Waals surface area contributed by atoms with Gasteiger partial charge in [0.1, 0.15) is 5.82 Å². The molecule has 1 saturated heterocycles. The Balaban J connectivity index is 0.000000445. The van der Waals surface area contributed by atoms with Crippen LogP contribution in [0.2, 0.25) is 0 Å². The summed E-state index contributed by atoms with van der Waals surface area (Å²) in [5.41, 5.74) is 3.84. The Morgan fingerprint density at radius 3 is 2.07 bits per heavy atom. The number of fused-ring (bicyclic) bond motifs is 1. The first-order chi connectivity index (χ1) is 21.0. The van der Waals surface area contributed by atoms with E-state index in [2.05, 4.69) is 70.3 Å². The second-order valence-corrected chi connectivity index (χ2v) is 10.3. The van der Waals surface area contributed by atoms with E-state index in [9.17, 15) is 4.79 Å². The average molecular weight is 590 g/mol. The summed E-state index contributed by atoms with van der Waals surface area (Å²) in [6.45, 7) is 19.3. The van der Waals surface area contributed by atoms with Crippen molar-refractivity contribution in [3.05, 3.63) is 96.9 Å². The van der Waals surface area contributed by atoms with Crippen LogP contribution in [0.3, 0.4) is 0 Å². The molecule has 0 bridgehead atoms. The minimum Gasteiger partial charge on any atom is -0.343 e.